The van der Waals surface area contributed by atoms with Crippen LogP contribution >= 0.6 is 11.6 Å². The summed E-state index contributed by atoms with van der Waals surface area (Å²) in [6.45, 7) is 0.562. The maximum atomic E-state index is 5.85. The van der Waals surface area contributed by atoms with Crippen LogP contribution in [-0.4, -0.2) is 12.1 Å². The maximum absolute atomic E-state index is 5.85. The van der Waals surface area contributed by atoms with Crippen LogP contribution in [-0.2, 0) is 17.2 Å². The summed E-state index contributed by atoms with van der Waals surface area (Å²) < 4.78 is 10.9. The maximum Gasteiger partial charge on any atom is 0.150 e. The Kier molecular flexibility index (Phi) is 4.56. The first kappa shape index (κ1) is 12.9. The highest BCUT2D eigenvalue weighted by Gasteiger charge is 2.04. The summed E-state index contributed by atoms with van der Waals surface area (Å²) in [5.41, 5.74) is 1.98. The monoisotopic (exact) mass is 263 g/mol. The first-order valence-electron chi connectivity index (χ1n) is 5.58. The van der Waals surface area contributed by atoms with E-state index in [1.807, 2.05) is 30.3 Å². The highest BCUT2D eigenvalue weighted by molar-refractivity contribution is 6.17. The number of aromatic nitrogens is 1. The molecule has 18 heavy (non-hydrogen) atoms. The van der Waals surface area contributed by atoms with Gasteiger partial charge in [-0.25, -0.2) is 0 Å². The lowest BCUT2D eigenvalue weighted by atomic mass is 10.2. The van der Waals surface area contributed by atoms with Crippen molar-refractivity contribution in [3.8, 4) is 11.5 Å². The number of nitrogens with zero attached hydrogens (tertiary/aromatic N) is 1. The molecule has 1 aromatic heterocycles. The van der Waals surface area contributed by atoms with E-state index in [0.29, 0.717) is 18.2 Å². The van der Waals surface area contributed by atoms with Gasteiger partial charge in [0.1, 0.15) is 11.5 Å². The molecule has 4 heteroatoms. The molecule has 1 aromatic carbocycles. The van der Waals surface area contributed by atoms with Gasteiger partial charge in [0.25, 0.3) is 0 Å². The highest BCUT2D eigenvalue weighted by Crippen LogP contribution is 2.26. The van der Waals surface area contributed by atoms with E-state index in [0.717, 1.165) is 16.9 Å². The Balaban J connectivity index is 2.20. The largest absolute Gasteiger partial charge is 0.455 e. The Morgan fingerprint density at radius 1 is 1.28 bits per heavy atom. The van der Waals surface area contributed by atoms with Gasteiger partial charge in [-0.05, 0) is 23.8 Å². The van der Waals surface area contributed by atoms with Crippen LogP contribution in [0.4, 0.5) is 0 Å². The Labute approximate surface area is 111 Å². The zero-order valence-corrected chi connectivity index (χ0v) is 10.9. The van der Waals surface area contributed by atoms with Gasteiger partial charge in [0.2, 0.25) is 0 Å². The molecule has 0 unspecified atom stereocenters. The molecule has 0 saturated heterocycles. The topological polar surface area (TPSA) is 31.4 Å². The van der Waals surface area contributed by atoms with Crippen LogP contribution in [0.1, 0.15) is 11.1 Å². The predicted octanol–water partition coefficient (Wildman–Crippen LogP) is 3.76. The number of rotatable bonds is 5. The minimum Gasteiger partial charge on any atom is -0.455 e. The first-order chi connectivity index (χ1) is 8.83. The number of hydrogen-bond acceptors (Lipinski definition) is 3. The van der Waals surface area contributed by atoms with Crippen LogP contribution in [0.25, 0.3) is 0 Å². The van der Waals surface area contributed by atoms with Crippen molar-refractivity contribution < 1.29 is 9.47 Å². The fourth-order valence-electron chi connectivity index (χ4n) is 1.60. The molecular formula is C14H14ClNO2. The number of halogens is 1. The van der Waals surface area contributed by atoms with Crippen molar-refractivity contribution in [1.82, 2.24) is 4.98 Å². The molecule has 1 heterocycles. The normalized spacial score (nSPS) is 10.3. The van der Waals surface area contributed by atoms with Crippen LogP contribution in [0.2, 0.25) is 0 Å². The molecule has 0 aliphatic heterocycles. The minimum absolute atomic E-state index is 0.398. The molecule has 0 amide bonds. The van der Waals surface area contributed by atoms with E-state index < -0.39 is 0 Å². The van der Waals surface area contributed by atoms with Crippen molar-refractivity contribution in [3.05, 3.63) is 53.9 Å². The Morgan fingerprint density at radius 2 is 2.17 bits per heavy atom. The van der Waals surface area contributed by atoms with Crippen molar-refractivity contribution in [2.75, 3.05) is 7.11 Å². The van der Waals surface area contributed by atoms with Crippen LogP contribution < -0.4 is 4.74 Å². The molecule has 0 aliphatic rings. The van der Waals surface area contributed by atoms with Gasteiger partial charge in [-0.15, -0.1) is 11.6 Å². The van der Waals surface area contributed by atoms with Crippen LogP contribution in [0, 0.1) is 0 Å². The van der Waals surface area contributed by atoms with Gasteiger partial charge >= 0.3 is 0 Å². The first-order valence-corrected chi connectivity index (χ1v) is 6.11. The number of hydrogen-bond donors (Lipinski definition) is 0. The molecule has 2 rings (SSSR count). The van der Waals surface area contributed by atoms with E-state index in [1.54, 1.807) is 19.5 Å². The summed E-state index contributed by atoms with van der Waals surface area (Å²) in [5.74, 6) is 1.83. The van der Waals surface area contributed by atoms with E-state index in [-0.39, 0.29) is 0 Å². The predicted molar refractivity (Wildman–Crippen MR) is 71.0 cm³/mol. The quantitative estimate of drug-likeness (QED) is 0.770. The second-order valence-corrected chi connectivity index (χ2v) is 4.07. The zero-order valence-electron chi connectivity index (χ0n) is 10.1. The van der Waals surface area contributed by atoms with Crippen molar-refractivity contribution in [2.24, 2.45) is 0 Å². The molecule has 0 spiro atoms. The highest BCUT2D eigenvalue weighted by atomic mass is 35.5. The summed E-state index contributed by atoms with van der Waals surface area (Å²) in [4.78, 5) is 4.04. The van der Waals surface area contributed by atoms with Crippen molar-refractivity contribution in [2.45, 2.75) is 12.5 Å². The third kappa shape index (κ3) is 3.22. The van der Waals surface area contributed by atoms with Gasteiger partial charge in [-0.1, -0.05) is 12.1 Å². The molecule has 3 nitrogen and oxygen atoms in total. The molecule has 0 radical (unpaired) electrons. The van der Waals surface area contributed by atoms with Gasteiger partial charge in [0, 0.05) is 18.9 Å². The van der Waals surface area contributed by atoms with Gasteiger partial charge in [0.15, 0.2) is 0 Å². The standard InChI is InChI=1S/C14H14ClNO2/c1-17-10-11-3-2-4-13(7-11)18-14-9-16-6-5-12(14)8-15/h2-7,9H,8,10H2,1H3. The molecule has 0 N–H and O–H groups in total. The van der Waals surface area contributed by atoms with Crippen LogP contribution in [0.15, 0.2) is 42.7 Å². The lowest BCUT2D eigenvalue weighted by molar-refractivity contribution is 0.184. The molecule has 0 aliphatic carbocycles. The molecule has 0 bridgehead atoms. The van der Waals surface area contributed by atoms with Gasteiger partial charge in [-0.2, -0.15) is 0 Å². The molecular weight excluding hydrogens is 250 g/mol. The number of ether oxygens (including phenoxy) is 2. The zero-order chi connectivity index (χ0) is 12.8. The summed E-state index contributed by atoms with van der Waals surface area (Å²) >= 11 is 5.85. The van der Waals surface area contributed by atoms with Gasteiger partial charge in [-0.3, -0.25) is 4.98 Å². The van der Waals surface area contributed by atoms with Gasteiger partial charge in [0.05, 0.1) is 18.7 Å². The molecule has 94 valence electrons. The fraction of sp³-hybridized carbons (Fsp3) is 0.214. The number of methoxy groups -OCH3 is 1. The van der Waals surface area contributed by atoms with E-state index in [2.05, 4.69) is 4.98 Å². The molecule has 0 saturated carbocycles. The average molecular weight is 264 g/mol. The third-order valence-corrected chi connectivity index (χ3v) is 2.74. The van der Waals surface area contributed by atoms with E-state index >= 15 is 0 Å². The Bertz CT molecular complexity index is 517. The Hall–Kier alpha value is -1.58. The van der Waals surface area contributed by atoms with E-state index in [9.17, 15) is 0 Å². The molecule has 0 atom stereocenters. The summed E-state index contributed by atoms with van der Waals surface area (Å²) in [6.07, 6.45) is 3.37. The number of benzene rings is 1. The smallest absolute Gasteiger partial charge is 0.150 e. The van der Waals surface area contributed by atoms with E-state index in [1.165, 1.54) is 0 Å². The van der Waals surface area contributed by atoms with Crippen molar-refractivity contribution in [3.63, 3.8) is 0 Å². The minimum atomic E-state index is 0.398. The Morgan fingerprint density at radius 3 is 2.94 bits per heavy atom. The number of pyridine rings is 1. The van der Waals surface area contributed by atoms with E-state index in [4.69, 9.17) is 21.1 Å². The van der Waals surface area contributed by atoms with Crippen LogP contribution in [0.3, 0.4) is 0 Å². The van der Waals surface area contributed by atoms with Crippen molar-refractivity contribution in [1.29, 1.82) is 0 Å². The summed E-state index contributed by atoms with van der Waals surface area (Å²) in [5, 5.41) is 0. The summed E-state index contributed by atoms with van der Waals surface area (Å²) in [7, 11) is 1.67. The lowest BCUT2D eigenvalue weighted by Crippen LogP contribution is -1.92. The average Bonchev–Trinajstić information content (AvgIpc) is 2.40. The van der Waals surface area contributed by atoms with Crippen LogP contribution in [0.5, 0.6) is 11.5 Å². The third-order valence-electron chi connectivity index (χ3n) is 2.45. The summed E-state index contributed by atoms with van der Waals surface area (Å²) in [6, 6.07) is 9.60. The molecule has 0 fully saturated rings. The SMILES string of the molecule is COCc1cccc(Oc2cnccc2CCl)c1. The second kappa shape index (κ2) is 6.38. The lowest BCUT2D eigenvalue weighted by Gasteiger charge is -2.09. The second-order valence-electron chi connectivity index (χ2n) is 3.80. The van der Waals surface area contributed by atoms with Crippen molar-refractivity contribution >= 4 is 11.6 Å². The molecule has 2 aromatic rings. The van der Waals surface area contributed by atoms with Gasteiger partial charge < -0.3 is 9.47 Å². The fourth-order valence-corrected chi connectivity index (χ4v) is 1.82. The number of alkyl halides is 1.